The van der Waals surface area contributed by atoms with E-state index in [9.17, 15) is 4.79 Å². The van der Waals surface area contributed by atoms with E-state index in [0.717, 1.165) is 29.9 Å². The van der Waals surface area contributed by atoms with Crippen LogP contribution in [0.3, 0.4) is 0 Å². The molecule has 1 fully saturated rings. The molecule has 2 aliphatic rings. The van der Waals surface area contributed by atoms with Crippen molar-refractivity contribution in [1.82, 2.24) is 0 Å². The predicted molar refractivity (Wildman–Crippen MR) is 93.7 cm³/mol. The van der Waals surface area contributed by atoms with Crippen LogP contribution in [0.1, 0.15) is 17.0 Å². The second kappa shape index (κ2) is 6.55. The van der Waals surface area contributed by atoms with Crippen molar-refractivity contribution < 1.29 is 14.4 Å². The molecule has 0 aromatic heterocycles. The normalized spacial score (nSPS) is 24.3. The number of rotatable bonds is 2. The molecule has 4 rings (SSSR count). The van der Waals surface area contributed by atoms with Crippen molar-refractivity contribution >= 4 is 23.2 Å². The zero-order valence-electron chi connectivity index (χ0n) is 13.3. The van der Waals surface area contributed by atoms with Crippen LogP contribution >= 0.6 is 11.6 Å². The second-order valence-electron chi connectivity index (χ2n) is 6.36. The summed E-state index contributed by atoms with van der Waals surface area (Å²) in [6.45, 7) is 3.08. The monoisotopic (exact) mass is 343 g/mol. The summed E-state index contributed by atoms with van der Waals surface area (Å²) in [6.07, 6.45) is 0. The molecule has 2 aliphatic heterocycles. The average molecular weight is 344 g/mol. The van der Waals surface area contributed by atoms with Gasteiger partial charge in [0.2, 0.25) is 0 Å². The highest BCUT2D eigenvalue weighted by atomic mass is 35.5. The minimum atomic E-state index is -0.165. The Labute approximate surface area is 146 Å². The van der Waals surface area contributed by atoms with Gasteiger partial charge < -0.3 is 15.0 Å². The van der Waals surface area contributed by atoms with Crippen LogP contribution in [0, 0.1) is 0 Å². The first-order valence-corrected chi connectivity index (χ1v) is 8.69. The standard InChI is InChI=1S/C19H19ClN2O2/c20-14-6-7-16-15(12-14)17(13-4-2-1-3-5-13)18(19(23)21-16)22-8-10-24-11-9-22/h1-7,12,17-18H,8-11H2,(H,21,23)/p+1/t17-,18+/m0/s1. The molecule has 2 aromatic carbocycles. The van der Waals surface area contributed by atoms with E-state index in [1.165, 1.54) is 4.90 Å². The number of fused-ring (bicyclic) bond motifs is 1. The first-order chi connectivity index (χ1) is 11.7. The van der Waals surface area contributed by atoms with Gasteiger partial charge in [-0.2, -0.15) is 0 Å². The molecule has 0 bridgehead atoms. The van der Waals surface area contributed by atoms with Crippen molar-refractivity contribution in [1.29, 1.82) is 0 Å². The molecular formula is C19H20ClN2O2+. The van der Waals surface area contributed by atoms with E-state index in [-0.39, 0.29) is 17.9 Å². The molecule has 4 nitrogen and oxygen atoms in total. The summed E-state index contributed by atoms with van der Waals surface area (Å²) in [7, 11) is 0. The van der Waals surface area contributed by atoms with Crippen LogP contribution in [0.25, 0.3) is 0 Å². The Morgan fingerprint density at radius 3 is 2.58 bits per heavy atom. The van der Waals surface area contributed by atoms with E-state index in [4.69, 9.17) is 16.3 Å². The third-order valence-corrected chi connectivity index (χ3v) is 5.19. The molecule has 0 unspecified atom stereocenters. The number of hydrogen-bond donors (Lipinski definition) is 2. The van der Waals surface area contributed by atoms with Gasteiger partial charge in [0.15, 0.2) is 6.04 Å². The summed E-state index contributed by atoms with van der Waals surface area (Å²) >= 11 is 6.26. The van der Waals surface area contributed by atoms with Crippen LogP contribution in [-0.4, -0.2) is 38.3 Å². The lowest BCUT2D eigenvalue weighted by Gasteiger charge is -2.39. The number of morpholine rings is 1. The lowest BCUT2D eigenvalue weighted by atomic mass is 9.80. The van der Waals surface area contributed by atoms with Gasteiger partial charge in [0, 0.05) is 10.7 Å². The van der Waals surface area contributed by atoms with Gasteiger partial charge in [-0.15, -0.1) is 0 Å². The third-order valence-electron chi connectivity index (χ3n) is 4.96. The van der Waals surface area contributed by atoms with Crippen molar-refractivity contribution in [2.75, 3.05) is 31.6 Å². The minimum Gasteiger partial charge on any atom is -0.370 e. The maximum Gasteiger partial charge on any atom is 0.283 e. The Balaban J connectivity index is 1.83. The summed E-state index contributed by atoms with van der Waals surface area (Å²) < 4.78 is 5.48. The summed E-state index contributed by atoms with van der Waals surface area (Å²) in [5.41, 5.74) is 3.11. The van der Waals surface area contributed by atoms with Gasteiger partial charge in [0.25, 0.3) is 5.91 Å². The van der Waals surface area contributed by atoms with Crippen molar-refractivity contribution in [3.63, 3.8) is 0 Å². The van der Waals surface area contributed by atoms with E-state index in [1.54, 1.807) is 0 Å². The highest BCUT2D eigenvalue weighted by Crippen LogP contribution is 2.37. The smallest absolute Gasteiger partial charge is 0.283 e. The first-order valence-electron chi connectivity index (χ1n) is 8.31. The Morgan fingerprint density at radius 2 is 1.83 bits per heavy atom. The third kappa shape index (κ3) is 2.81. The van der Waals surface area contributed by atoms with Gasteiger partial charge >= 0.3 is 0 Å². The number of carbonyl (C=O) groups is 1. The molecule has 1 amide bonds. The Morgan fingerprint density at radius 1 is 1.08 bits per heavy atom. The Hall–Kier alpha value is -1.88. The van der Waals surface area contributed by atoms with E-state index < -0.39 is 0 Å². The predicted octanol–water partition coefficient (Wildman–Crippen LogP) is 1.71. The zero-order chi connectivity index (χ0) is 16.5. The highest BCUT2D eigenvalue weighted by molar-refractivity contribution is 6.30. The van der Waals surface area contributed by atoms with Crippen LogP contribution in [0.4, 0.5) is 5.69 Å². The molecular weight excluding hydrogens is 324 g/mol. The van der Waals surface area contributed by atoms with Gasteiger partial charge in [-0.1, -0.05) is 41.9 Å². The van der Waals surface area contributed by atoms with Crippen molar-refractivity contribution in [2.24, 2.45) is 0 Å². The molecule has 2 N–H and O–H groups in total. The number of ether oxygens (including phenoxy) is 1. The van der Waals surface area contributed by atoms with Crippen LogP contribution in [0.5, 0.6) is 0 Å². The summed E-state index contributed by atoms with van der Waals surface area (Å²) in [5.74, 6) is 0.0809. The second-order valence-corrected chi connectivity index (χ2v) is 6.79. The van der Waals surface area contributed by atoms with Crippen LogP contribution in [0.15, 0.2) is 48.5 Å². The Bertz CT molecular complexity index is 744. The quantitative estimate of drug-likeness (QED) is 0.871. The summed E-state index contributed by atoms with van der Waals surface area (Å²) in [5, 5.41) is 3.77. The van der Waals surface area contributed by atoms with Crippen molar-refractivity contribution in [3.05, 3.63) is 64.7 Å². The van der Waals surface area contributed by atoms with E-state index in [1.807, 2.05) is 36.4 Å². The molecule has 2 atom stereocenters. The molecule has 5 heteroatoms. The fourth-order valence-electron chi connectivity index (χ4n) is 3.84. The lowest BCUT2D eigenvalue weighted by molar-refractivity contribution is -0.924. The fourth-order valence-corrected chi connectivity index (χ4v) is 4.02. The summed E-state index contributed by atoms with van der Waals surface area (Å²) in [4.78, 5) is 14.2. The van der Waals surface area contributed by atoms with Crippen molar-refractivity contribution in [3.8, 4) is 0 Å². The van der Waals surface area contributed by atoms with E-state index in [2.05, 4.69) is 17.4 Å². The maximum absolute atomic E-state index is 12.9. The Kier molecular flexibility index (Phi) is 4.27. The van der Waals surface area contributed by atoms with Gasteiger partial charge in [-0.3, -0.25) is 4.79 Å². The van der Waals surface area contributed by atoms with Crippen LogP contribution in [0.2, 0.25) is 5.02 Å². The number of carbonyl (C=O) groups excluding carboxylic acids is 1. The topological polar surface area (TPSA) is 42.8 Å². The molecule has 2 aromatic rings. The molecule has 1 saturated heterocycles. The SMILES string of the molecule is O=C1Nc2ccc(Cl)cc2[C@H](c2ccccc2)[C@H]1[NH+]1CCOCC1. The molecule has 24 heavy (non-hydrogen) atoms. The van der Waals surface area contributed by atoms with Crippen LogP contribution < -0.4 is 10.2 Å². The number of anilines is 1. The molecule has 2 heterocycles. The van der Waals surface area contributed by atoms with Crippen molar-refractivity contribution in [2.45, 2.75) is 12.0 Å². The molecule has 0 radical (unpaired) electrons. The zero-order valence-corrected chi connectivity index (χ0v) is 14.1. The molecule has 0 saturated carbocycles. The molecule has 124 valence electrons. The number of benzene rings is 2. The fraction of sp³-hybridized carbons (Fsp3) is 0.316. The van der Waals surface area contributed by atoms with Crippen LogP contribution in [-0.2, 0) is 9.53 Å². The number of hydrogen-bond acceptors (Lipinski definition) is 2. The van der Waals surface area contributed by atoms with E-state index in [0.29, 0.717) is 18.2 Å². The average Bonchev–Trinajstić information content (AvgIpc) is 2.62. The number of nitrogens with one attached hydrogen (secondary N) is 2. The highest BCUT2D eigenvalue weighted by Gasteiger charge is 2.44. The first kappa shape index (κ1) is 15.6. The van der Waals surface area contributed by atoms with Gasteiger partial charge in [0.1, 0.15) is 13.1 Å². The largest absolute Gasteiger partial charge is 0.370 e. The summed E-state index contributed by atoms with van der Waals surface area (Å²) in [6, 6.07) is 15.8. The lowest BCUT2D eigenvalue weighted by Crippen LogP contribution is -3.19. The van der Waals surface area contributed by atoms with E-state index >= 15 is 0 Å². The molecule has 0 spiro atoms. The van der Waals surface area contributed by atoms with Gasteiger partial charge in [-0.25, -0.2) is 0 Å². The number of halogens is 1. The minimum absolute atomic E-state index is 0.00162. The maximum atomic E-state index is 12.9. The number of quaternary nitrogens is 1. The molecule has 0 aliphatic carbocycles. The number of amides is 1. The van der Waals surface area contributed by atoms with Gasteiger partial charge in [0.05, 0.1) is 19.1 Å². The van der Waals surface area contributed by atoms with Gasteiger partial charge in [-0.05, 0) is 29.3 Å².